The second-order valence-electron chi connectivity index (χ2n) is 6.85. The molecule has 4 rings (SSSR count). The smallest absolute Gasteiger partial charge is 0.234 e. The lowest BCUT2D eigenvalue weighted by Crippen LogP contribution is -2.15. The molecule has 0 spiro atoms. The standard InChI is InChI=1S/C23H20ClN5O2S/c1-15-6-7-16(24)13-20(15)26-21(30)14-32-23-28-27-22(19-5-3-4-12-25-19)29(23)17-8-10-18(31-2)11-9-17/h3-13H,14H2,1-2H3,(H,26,30). The molecular formula is C23H20ClN5O2S. The Bertz CT molecular complexity index is 1230. The van der Waals surface area contributed by atoms with E-state index in [-0.39, 0.29) is 11.7 Å². The Labute approximate surface area is 194 Å². The highest BCUT2D eigenvalue weighted by molar-refractivity contribution is 7.99. The number of halogens is 1. The van der Waals surface area contributed by atoms with E-state index in [1.54, 1.807) is 25.4 Å². The van der Waals surface area contributed by atoms with E-state index in [0.717, 1.165) is 17.0 Å². The monoisotopic (exact) mass is 465 g/mol. The van der Waals surface area contributed by atoms with Gasteiger partial charge < -0.3 is 10.1 Å². The van der Waals surface area contributed by atoms with E-state index < -0.39 is 0 Å². The highest BCUT2D eigenvalue weighted by Gasteiger charge is 2.18. The second kappa shape index (κ2) is 9.84. The first kappa shape index (κ1) is 21.9. The van der Waals surface area contributed by atoms with Gasteiger partial charge in [-0.1, -0.05) is 35.5 Å². The molecule has 2 heterocycles. The van der Waals surface area contributed by atoms with Crippen molar-refractivity contribution in [3.05, 3.63) is 77.4 Å². The molecule has 1 N–H and O–H groups in total. The fraction of sp³-hybridized carbons (Fsp3) is 0.130. The molecule has 0 bridgehead atoms. The van der Waals surface area contributed by atoms with Gasteiger partial charge in [-0.25, -0.2) is 0 Å². The number of nitrogens with one attached hydrogen (secondary N) is 1. The summed E-state index contributed by atoms with van der Waals surface area (Å²) >= 11 is 7.34. The first-order chi connectivity index (χ1) is 15.5. The van der Waals surface area contributed by atoms with Crippen LogP contribution in [0.5, 0.6) is 5.75 Å². The van der Waals surface area contributed by atoms with Crippen molar-refractivity contribution in [3.8, 4) is 23.0 Å². The predicted molar refractivity (Wildman–Crippen MR) is 127 cm³/mol. The van der Waals surface area contributed by atoms with Gasteiger partial charge in [-0.05, 0) is 61.0 Å². The maximum atomic E-state index is 12.6. The number of aryl methyl sites for hydroxylation is 1. The molecule has 0 fully saturated rings. The van der Waals surface area contributed by atoms with Crippen molar-refractivity contribution in [2.75, 3.05) is 18.2 Å². The molecule has 9 heteroatoms. The van der Waals surface area contributed by atoms with Crippen LogP contribution in [0.4, 0.5) is 5.69 Å². The molecule has 4 aromatic rings. The zero-order valence-electron chi connectivity index (χ0n) is 17.4. The number of carbonyl (C=O) groups is 1. The minimum atomic E-state index is -0.163. The van der Waals surface area contributed by atoms with E-state index in [1.165, 1.54) is 11.8 Å². The van der Waals surface area contributed by atoms with Crippen molar-refractivity contribution >= 4 is 35.0 Å². The molecule has 7 nitrogen and oxygen atoms in total. The normalized spacial score (nSPS) is 10.7. The fourth-order valence-electron chi connectivity index (χ4n) is 3.03. The number of amides is 1. The summed E-state index contributed by atoms with van der Waals surface area (Å²) in [6, 6.07) is 18.5. The first-order valence-corrected chi connectivity index (χ1v) is 11.1. The molecule has 0 saturated carbocycles. The second-order valence-corrected chi connectivity index (χ2v) is 8.23. The van der Waals surface area contributed by atoms with Crippen molar-refractivity contribution in [2.24, 2.45) is 0 Å². The zero-order valence-corrected chi connectivity index (χ0v) is 19.0. The van der Waals surface area contributed by atoms with Crippen LogP contribution in [0.3, 0.4) is 0 Å². The van der Waals surface area contributed by atoms with Crippen LogP contribution in [0.15, 0.2) is 72.0 Å². The molecule has 32 heavy (non-hydrogen) atoms. The van der Waals surface area contributed by atoms with Crippen molar-refractivity contribution in [2.45, 2.75) is 12.1 Å². The maximum Gasteiger partial charge on any atom is 0.234 e. The summed E-state index contributed by atoms with van der Waals surface area (Å²) in [4.78, 5) is 17.0. The lowest BCUT2D eigenvalue weighted by atomic mass is 10.2. The Hall–Kier alpha value is -3.36. The number of ether oxygens (including phenoxy) is 1. The maximum absolute atomic E-state index is 12.6. The number of thioether (sulfide) groups is 1. The van der Waals surface area contributed by atoms with E-state index in [1.807, 2.05) is 60.0 Å². The molecule has 2 aromatic carbocycles. The molecule has 0 aliphatic carbocycles. The Morgan fingerprint density at radius 2 is 1.94 bits per heavy atom. The topological polar surface area (TPSA) is 81.9 Å². The van der Waals surface area contributed by atoms with E-state index in [4.69, 9.17) is 16.3 Å². The van der Waals surface area contributed by atoms with E-state index in [0.29, 0.717) is 27.4 Å². The average molecular weight is 466 g/mol. The van der Waals surface area contributed by atoms with Crippen molar-refractivity contribution < 1.29 is 9.53 Å². The van der Waals surface area contributed by atoms with Crippen LogP contribution in [-0.4, -0.2) is 38.5 Å². The summed E-state index contributed by atoms with van der Waals surface area (Å²) in [5.74, 6) is 1.32. The Kier molecular flexibility index (Phi) is 6.72. The van der Waals surface area contributed by atoms with Gasteiger partial charge in [0.1, 0.15) is 11.4 Å². The van der Waals surface area contributed by atoms with Gasteiger partial charge in [-0.2, -0.15) is 0 Å². The fourth-order valence-corrected chi connectivity index (χ4v) is 3.96. The third-order valence-corrected chi connectivity index (χ3v) is 5.83. The van der Waals surface area contributed by atoms with Crippen LogP contribution in [0.25, 0.3) is 17.2 Å². The van der Waals surface area contributed by atoms with E-state index >= 15 is 0 Å². The molecule has 0 atom stereocenters. The summed E-state index contributed by atoms with van der Waals surface area (Å²) in [6.07, 6.45) is 1.70. The number of rotatable bonds is 7. The lowest BCUT2D eigenvalue weighted by molar-refractivity contribution is -0.113. The number of anilines is 1. The number of hydrogen-bond acceptors (Lipinski definition) is 6. The number of methoxy groups -OCH3 is 1. The van der Waals surface area contributed by atoms with Gasteiger partial charge in [0.15, 0.2) is 11.0 Å². The van der Waals surface area contributed by atoms with E-state index in [9.17, 15) is 4.79 Å². The van der Waals surface area contributed by atoms with Crippen LogP contribution in [0.1, 0.15) is 5.56 Å². The van der Waals surface area contributed by atoms with Crippen LogP contribution < -0.4 is 10.1 Å². The zero-order chi connectivity index (χ0) is 22.5. The molecular weight excluding hydrogens is 446 g/mol. The summed E-state index contributed by atoms with van der Waals surface area (Å²) < 4.78 is 7.14. The van der Waals surface area contributed by atoms with Crippen LogP contribution in [0, 0.1) is 6.92 Å². The third kappa shape index (κ3) is 4.92. The minimum absolute atomic E-state index is 0.155. The highest BCUT2D eigenvalue weighted by atomic mass is 35.5. The average Bonchev–Trinajstić information content (AvgIpc) is 3.25. The van der Waals surface area contributed by atoms with Crippen LogP contribution >= 0.6 is 23.4 Å². The van der Waals surface area contributed by atoms with Gasteiger partial charge in [-0.3, -0.25) is 14.3 Å². The summed E-state index contributed by atoms with van der Waals surface area (Å²) in [5, 5.41) is 12.7. The molecule has 0 unspecified atom stereocenters. The molecule has 1 amide bonds. The number of carbonyl (C=O) groups excluding carboxylic acids is 1. The largest absolute Gasteiger partial charge is 0.497 e. The van der Waals surface area contributed by atoms with Crippen LogP contribution in [0.2, 0.25) is 5.02 Å². The summed E-state index contributed by atoms with van der Waals surface area (Å²) in [6.45, 7) is 1.92. The predicted octanol–water partition coefficient (Wildman–Crippen LogP) is 5.03. The highest BCUT2D eigenvalue weighted by Crippen LogP contribution is 2.28. The van der Waals surface area contributed by atoms with Gasteiger partial charge >= 0.3 is 0 Å². The Balaban J connectivity index is 1.60. The molecule has 162 valence electrons. The van der Waals surface area contributed by atoms with Gasteiger partial charge in [0, 0.05) is 16.9 Å². The molecule has 0 saturated heterocycles. The Morgan fingerprint density at radius 3 is 2.66 bits per heavy atom. The van der Waals surface area contributed by atoms with Crippen molar-refractivity contribution in [1.82, 2.24) is 19.7 Å². The number of nitrogens with zero attached hydrogens (tertiary/aromatic N) is 4. The first-order valence-electron chi connectivity index (χ1n) is 9.75. The number of hydrogen-bond donors (Lipinski definition) is 1. The molecule has 2 aromatic heterocycles. The number of pyridine rings is 1. The van der Waals surface area contributed by atoms with Gasteiger partial charge in [0.2, 0.25) is 5.91 Å². The molecule has 0 radical (unpaired) electrons. The third-order valence-electron chi connectivity index (χ3n) is 4.66. The van der Waals surface area contributed by atoms with Gasteiger partial charge in [-0.15, -0.1) is 10.2 Å². The Morgan fingerprint density at radius 1 is 1.12 bits per heavy atom. The summed E-state index contributed by atoms with van der Waals surface area (Å²) in [5.41, 5.74) is 3.15. The SMILES string of the molecule is COc1ccc(-n2c(SCC(=O)Nc3cc(Cl)ccc3C)nnc2-c2ccccn2)cc1. The van der Waals surface area contributed by atoms with Crippen molar-refractivity contribution in [1.29, 1.82) is 0 Å². The van der Waals surface area contributed by atoms with E-state index in [2.05, 4.69) is 20.5 Å². The number of aromatic nitrogens is 4. The van der Waals surface area contributed by atoms with Gasteiger partial charge in [0.25, 0.3) is 0 Å². The van der Waals surface area contributed by atoms with Crippen molar-refractivity contribution in [3.63, 3.8) is 0 Å². The molecule has 0 aliphatic heterocycles. The van der Waals surface area contributed by atoms with Gasteiger partial charge in [0.05, 0.1) is 18.6 Å². The lowest BCUT2D eigenvalue weighted by Gasteiger charge is -2.11. The van der Waals surface area contributed by atoms with Crippen LogP contribution in [-0.2, 0) is 4.79 Å². The quantitative estimate of drug-likeness (QED) is 0.385. The minimum Gasteiger partial charge on any atom is -0.497 e. The molecule has 0 aliphatic rings. The number of benzene rings is 2. The summed E-state index contributed by atoms with van der Waals surface area (Å²) in [7, 11) is 1.62.